The summed E-state index contributed by atoms with van der Waals surface area (Å²) in [6.07, 6.45) is -5.62. The van der Waals surface area contributed by atoms with Gasteiger partial charge >= 0.3 is 5.97 Å². The number of hydrogen-bond acceptors (Lipinski definition) is 17. The first kappa shape index (κ1) is 53.1. The number of ether oxygens (including phenoxy) is 9. The second kappa shape index (κ2) is 24.3. The van der Waals surface area contributed by atoms with E-state index in [1.807, 2.05) is 19.9 Å². The van der Waals surface area contributed by atoms with Gasteiger partial charge in [0.25, 0.3) is 0 Å². The van der Waals surface area contributed by atoms with Crippen molar-refractivity contribution in [2.75, 3.05) is 34.9 Å². The number of carbonyl (C=O) groups is 3. The molecule has 4 N–H and O–H groups in total. The molecule has 4 aliphatic heterocycles. The van der Waals surface area contributed by atoms with Crippen LogP contribution in [0.15, 0.2) is 35.5 Å². The summed E-state index contributed by atoms with van der Waals surface area (Å²) in [5.74, 6) is -3.48. The van der Waals surface area contributed by atoms with Crippen LogP contribution in [0.3, 0.4) is 0 Å². The van der Waals surface area contributed by atoms with Crippen molar-refractivity contribution >= 4 is 18.0 Å². The van der Waals surface area contributed by atoms with E-state index in [2.05, 4.69) is 0 Å². The average Bonchev–Trinajstić information content (AvgIpc) is 3.23. The predicted octanol–water partition coefficient (Wildman–Crippen LogP) is 2.64. The van der Waals surface area contributed by atoms with Crippen molar-refractivity contribution in [3.05, 3.63) is 35.5 Å². The second-order valence-electron chi connectivity index (χ2n) is 18.0. The molecular formula is C46H75NO16. The number of aldehydes is 1. The van der Waals surface area contributed by atoms with Crippen molar-refractivity contribution in [2.45, 2.75) is 179 Å². The standard InChI is InChI=1S/C46H75NO16/c1-13-34-31(22-57-46-44(56-12)43(55-11)39(53)28(7)59-46)18-23(2)14-15-32(49)24(3)19-30(16-17-48)41(26(5)33(50)21-35(51)61-34)63-45-40(54)37(47(9)10)42(29(8)60-45)62-36-20-25(4)38(52)27(6)58-36/h14-15,17-18,20,24,26-31,33-34,36-46,50,52-54H,13,16,19,21-22H2,1-12H3/b15-14+,23-18+/t24-,26+,27+,28-,29-,30+,31-,33-,34-,36+,37-,38-,39-,40-,41-,42-,43-,44-,45+,46-/m1/s1. The molecule has 4 aliphatic rings. The number of rotatable bonds is 13. The molecule has 0 aliphatic carbocycles. The number of nitrogens with zero attached hydrogens (tertiary/aromatic N) is 1. The molecule has 0 amide bonds. The van der Waals surface area contributed by atoms with Crippen molar-refractivity contribution in [3.8, 4) is 0 Å². The number of hydrogen-bond donors (Lipinski definition) is 4. The van der Waals surface area contributed by atoms with Crippen LogP contribution >= 0.6 is 0 Å². The molecule has 2 fully saturated rings. The number of carbonyl (C=O) groups excluding carboxylic acids is 3. The van der Waals surface area contributed by atoms with Crippen molar-refractivity contribution in [2.24, 2.45) is 23.7 Å². The lowest BCUT2D eigenvalue weighted by Crippen LogP contribution is -2.64. The minimum Gasteiger partial charge on any atom is -0.462 e. The molecule has 0 unspecified atom stereocenters. The molecule has 0 bridgehead atoms. The van der Waals surface area contributed by atoms with E-state index >= 15 is 0 Å². The van der Waals surface area contributed by atoms with Crippen molar-refractivity contribution in [1.82, 2.24) is 4.90 Å². The number of esters is 1. The zero-order valence-electron chi connectivity index (χ0n) is 39.1. The lowest BCUT2D eigenvalue weighted by molar-refractivity contribution is -0.323. The number of cyclic esters (lactones) is 1. The van der Waals surface area contributed by atoms with E-state index in [9.17, 15) is 34.8 Å². The molecule has 360 valence electrons. The Morgan fingerprint density at radius 2 is 1.48 bits per heavy atom. The maximum atomic E-state index is 13.8. The molecule has 0 aromatic carbocycles. The van der Waals surface area contributed by atoms with E-state index in [0.29, 0.717) is 17.6 Å². The molecular weight excluding hydrogens is 822 g/mol. The van der Waals surface area contributed by atoms with Crippen LogP contribution in [0.2, 0.25) is 0 Å². The summed E-state index contributed by atoms with van der Waals surface area (Å²) >= 11 is 0. The Balaban J connectivity index is 1.62. The molecule has 0 aromatic heterocycles. The van der Waals surface area contributed by atoms with Gasteiger partial charge in [0.2, 0.25) is 0 Å². The summed E-state index contributed by atoms with van der Waals surface area (Å²) in [5, 5.41) is 44.8. The quantitative estimate of drug-likeness (QED) is 0.119. The van der Waals surface area contributed by atoms with Gasteiger partial charge < -0.3 is 72.8 Å². The van der Waals surface area contributed by atoms with Crippen LogP contribution in [-0.4, -0.2) is 176 Å². The highest BCUT2D eigenvalue weighted by molar-refractivity contribution is 5.91. The smallest absolute Gasteiger partial charge is 0.308 e. The molecule has 4 heterocycles. The minimum atomic E-state index is -1.34. The topological polar surface area (TPSA) is 218 Å². The second-order valence-corrected chi connectivity index (χ2v) is 18.0. The van der Waals surface area contributed by atoms with E-state index in [1.165, 1.54) is 20.3 Å². The van der Waals surface area contributed by atoms with Gasteiger partial charge in [-0.15, -0.1) is 0 Å². The fourth-order valence-corrected chi connectivity index (χ4v) is 9.16. The summed E-state index contributed by atoms with van der Waals surface area (Å²) in [7, 11) is 6.51. The van der Waals surface area contributed by atoms with Crippen molar-refractivity contribution < 1.29 is 77.4 Å². The predicted molar refractivity (Wildman–Crippen MR) is 229 cm³/mol. The van der Waals surface area contributed by atoms with E-state index in [-0.39, 0.29) is 25.2 Å². The highest BCUT2D eigenvalue weighted by Crippen LogP contribution is 2.36. The van der Waals surface area contributed by atoms with Crippen LogP contribution in [0.1, 0.15) is 81.1 Å². The lowest BCUT2D eigenvalue weighted by atomic mass is 9.79. The maximum Gasteiger partial charge on any atom is 0.308 e. The van der Waals surface area contributed by atoms with Gasteiger partial charge in [0.1, 0.15) is 49.0 Å². The fourth-order valence-electron chi connectivity index (χ4n) is 9.16. The summed E-state index contributed by atoms with van der Waals surface area (Å²) in [6, 6.07) is -0.685. The molecule has 63 heavy (non-hydrogen) atoms. The molecule has 17 nitrogen and oxygen atoms in total. The van der Waals surface area contributed by atoms with E-state index < -0.39 is 134 Å². The van der Waals surface area contributed by atoms with Gasteiger partial charge in [-0.3, -0.25) is 9.59 Å². The highest BCUT2D eigenvalue weighted by Gasteiger charge is 2.50. The van der Waals surface area contributed by atoms with Gasteiger partial charge in [0.15, 0.2) is 24.7 Å². The zero-order chi connectivity index (χ0) is 46.9. The van der Waals surface area contributed by atoms with Crippen LogP contribution < -0.4 is 0 Å². The van der Waals surface area contributed by atoms with Crippen LogP contribution in [0.25, 0.3) is 0 Å². The maximum absolute atomic E-state index is 13.8. The summed E-state index contributed by atoms with van der Waals surface area (Å²) < 4.78 is 54.8. The van der Waals surface area contributed by atoms with Gasteiger partial charge in [-0.2, -0.15) is 0 Å². The Labute approximate surface area is 373 Å². The number of likely N-dealkylation sites (N-methyl/N-ethyl adjacent to an activating group) is 1. The normalized spacial score (nSPS) is 44.0. The highest BCUT2D eigenvalue weighted by atomic mass is 16.7. The first-order valence-electron chi connectivity index (χ1n) is 22.3. The Hall–Kier alpha value is -2.49. The van der Waals surface area contributed by atoms with Crippen LogP contribution in [0.5, 0.6) is 0 Å². The van der Waals surface area contributed by atoms with Gasteiger partial charge in [-0.25, -0.2) is 0 Å². The molecule has 0 radical (unpaired) electrons. The SMILES string of the molecule is CC[C@H]1OC(=O)C[C@@H](O)[C@H](C)[C@@H](O[C@@H]2O[C@H](C)[C@@H](O[C@H]3C=C(C)[C@@H](O)[C@H](C)O3)[C@H](N(C)C)[C@H]2O)[C@@H](CC=O)C[C@@H](C)C(=O)/C=C/C(C)=C/[C@@H]1CO[C@@H]1O[C@H](C)[C@@H](O)[C@@H](OC)[C@H]1OC. The molecule has 2 saturated heterocycles. The first-order chi connectivity index (χ1) is 29.8. The van der Waals surface area contributed by atoms with E-state index in [4.69, 9.17) is 42.6 Å². The van der Waals surface area contributed by atoms with Crippen molar-refractivity contribution in [1.29, 1.82) is 0 Å². The number of aliphatic hydroxyl groups excluding tert-OH is 4. The van der Waals surface area contributed by atoms with Crippen LogP contribution in [-0.2, 0) is 57.0 Å². The van der Waals surface area contributed by atoms with Crippen molar-refractivity contribution in [3.63, 3.8) is 0 Å². The molecule has 17 heteroatoms. The average molecular weight is 898 g/mol. The Morgan fingerprint density at radius 3 is 2.08 bits per heavy atom. The summed E-state index contributed by atoms with van der Waals surface area (Å²) in [5.41, 5.74) is 1.39. The molecule has 20 atom stereocenters. The number of ketones is 1. The largest absolute Gasteiger partial charge is 0.462 e. The first-order valence-corrected chi connectivity index (χ1v) is 22.3. The third-order valence-electron chi connectivity index (χ3n) is 13.0. The number of aliphatic hydroxyl groups is 4. The molecule has 4 rings (SSSR count). The molecule has 0 aromatic rings. The molecule has 0 saturated carbocycles. The zero-order valence-corrected chi connectivity index (χ0v) is 39.1. The lowest BCUT2D eigenvalue weighted by Gasteiger charge is -2.48. The summed E-state index contributed by atoms with van der Waals surface area (Å²) in [4.78, 5) is 41.5. The Morgan fingerprint density at radius 1 is 0.810 bits per heavy atom. The third kappa shape index (κ3) is 13.6. The van der Waals surface area contributed by atoms with E-state index in [1.54, 1.807) is 72.7 Å². The van der Waals surface area contributed by atoms with Gasteiger partial charge in [0.05, 0.1) is 49.6 Å². The fraction of sp³-hybridized carbons (Fsp3) is 0.804. The Kier molecular flexibility index (Phi) is 20.5. The summed E-state index contributed by atoms with van der Waals surface area (Å²) in [6.45, 7) is 14.1. The minimum absolute atomic E-state index is 0.00157. The van der Waals surface area contributed by atoms with Crippen LogP contribution in [0, 0.1) is 23.7 Å². The third-order valence-corrected chi connectivity index (χ3v) is 13.0. The van der Waals surface area contributed by atoms with E-state index in [0.717, 1.165) is 6.29 Å². The number of methoxy groups -OCH3 is 2. The van der Waals surface area contributed by atoms with Gasteiger partial charge in [0, 0.05) is 38.4 Å². The monoisotopic (exact) mass is 898 g/mol. The van der Waals surface area contributed by atoms with Gasteiger partial charge in [-0.1, -0.05) is 38.5 Å². The van der Waals surface area contributed by atoms with Crippen LogP contribution in [0.4, 0.5) is 0 Å². The number of allylic oxidation sites excluding steroid dienone is 3. The molecule has 0 spiro atoms. The van der Waals surface area contributed by atoms with Gasteiger partial charge in [-0.05, 0) is 85.2 Å². The Bertz CT molecular complexity index is 1570.